The molecule has 0 radical (unpaired) electrons. The molecule has 0 aliphatic carbocycles. The van der Waals surface area contributed by atoms with Gasteiger partial charge in [0.1, 0.15) is 0 Å². The second-order valence-electron chi connectivity index (χ2n) is 2.76. The Morgan fingerprint density at radius 3 is 2.33 bits per heavy atom. The first-order valence-corrected chi connectivity index (χ1v) is 4.68. The molecule has 4 nitrogen and oxygen atoms in total. The van der Waals surface area contributed by atoms with Crippen molar-refractivity contribution < 1.29 is 0 Å². The third-order valence-electron chi connectivity index (χ3n) is 1.82. The van der Waals surface area contributed by atoms with Gasteiger partial charge in [0.2, 0.25) is 0 Å². The van der Waals surface area contributed by atoms with E-state index in [1.54, 1.807) is 0 Å². The summed E-state index contributed by atoms with van der Waals surface area (Å²) in [5, 5.41) is 3.25. The molecule has 0 aliphatic heterocycles. The Balaban J connectivity index is 3.19. The number of hydrogen-bond donors (Lipinski definition) is 3. The van der Waals surface area contributed by atoms with Crippen LogP contribution in [0.15, 0.2) is 0 Å². The van der Waals surface area contributed by atoms with Crippen molar-refractivity contribution in [3.05, 3.63) is 0 Å². The number of rotatable bonds is 8. The van der Waals surface area contributed by atoms with Crippen LogP contribution in [0.2, 0.25) is 0 Å². The van der Waals surface area contributed by atoms with E-state index < -0.39 is 0 Å². The normalized spacial score (nSPS) is 11.0. The minimum Gasteiger partial charge on any atom is -0.329 e. The minimum absolute atomic E-state index is 0.711. The van der Waals surface area contributed by atoms with Gasteiger partial charge in [-0.15, -0.1) is 0 Å². The van der Waals surface area contributed by atoms with Gasteiger partial charge in [-0.25, -0.2) is 0 Å². The number of nitrogens with zero attached hydrogens (tertiary/aromatic N) is 1. The maximum atomic E-state index is 5.45. The van der Waals surface area contributed by atoms with E-state index in [0.29, 0.717) is 6.54 Å². The summed E-state index contributed by atoms with van der Waals surface area (Å²) < 4.78 is 0. The van der Waals surface area contributed by atoms with Crippen LogP contribution >= 0.6 is 0 Å². The third-order valence-corrected chi connectivity index (χ3v) is 1.82. The lowest BCUT2D eigenvalue weighted by Crippen LogP contribution is -2.36. The van der Waals surface area contributed by atoms with Crippen molar-refractivity contribution in [1.29, 1.82) is 0 Å². The molecule has 0 rings (SSSR count). The lowest BCUT2D eigenvalue weighted by molar-refractivity contribution is 0.295. The van der Waals surface area contributed by atoms with Crippen LogP contribution in [-0.4, -0.2) is 50.7 Å². The Hall–Kier alpha value is -0.160. The average molecular weight is 174 g/mol. The van der Waals surface area contributed by atoms with Gasteiger partial charge in [0.25, 0.3) is 0 Å². The summed E-state index contributed by atoms with van der Waals surface area (Å²) in [4.78, 5) is 2.32. The molecule has 0 heterocycles. The Bertz CT molecular complexity index is 87.1. The van der Waals surface area contributed by atoms with Crippen molar-refractivity contribution in [3.8, 4) is 0 Å². The highest BCUT2D eigenvalue weighted by molar-refractivity contribution is 4.58. The van der Waals surface area contributed by atoms with Crippen molar-refractivity contribution in [1.82, 2.24) is 10.2 Å². The molecule has 0 amide bonds. The predicted molar refractivity (Wildman–Crippen MR) is 53.1 cm³/mol. The molecule has 0 aromatic carbocycles. The summed E-state index contributed by atoms with van der Waals surface area (Å²) >= 11 is 0. The summed E-state index contributed by atoms with van der Waals surface area (Å²) in [6, 6.07) is 0. The summed E-state index contributed by atoms with van der Waals surface area (Å²) in [5.41, 5.74) is 10.8. The van der Waals surface area contributed by atoms with Crippen LogP contribution < -0.4 is 16.8 Å². The van der Waals surface area contributed by atoms with Crippen molar-refractivity contribution in [3.63, 3.8) is 0 Å². The zero-order valence-corrected chi connectivity index (χ0v) is 8.05. The van der Waals surface area contributed by atoms with Crippen LogP contribution in [-0.2, 0) is 0 Å². The Morgan fingerprint density at radius 2 is 1.83 bits per heavy atom. The van der Waals surface area contributed by atoms with Crippen LogP contribution in [0.25, 0.3) is 0 Å². The lowest BCUT2D eigenvalue weighted by atomic mass is 10.4. The molecule has 74 valence electrons. The highest BCUT2D eigenvalue weighted by Crippen LogP contribution is 1.83. The van der Waals surface area contributed by atoms with E-state index >= 15 is 0 Å². The summed E-state index contributed by atoms with van der Waals surface area (Å²) in [7, 11) is 0. The second-order valence-corrected chi connectivity index (χ2v) is 2.76. The summed E-state index contributed by atoms with van der Waals surface area (Å²) in [5.74, 6) is 0. The molecule has 0 aromatic rings. The standard InChI is InChI=1S/C8H22N4/c1-2-12(7-4-10)8-6-11-5-3-9/h11H,2-10H2,1H3. The van der Waals surface area contributed by atoms with E-state index in [-0.39, 0.29) is 0 Å². The fourth-order valence-electron chi connectivity index (χ4n) is 1.07. The van der Waals surface area contributed by atoms with Gasteiger partial charge in [0, 0.05) is 39.3 Å². The van der Waals surface area contributed by atoms with Crippen LogP contribution in [0.4, 0.5) is 0 Å². The topological polar surface area (TPSA) is 67.3 Å². The Labute approximate surface area is 75.3 Å². The first-order chi connectivity index (χ1) is 5.85. The van der Waals surface area contributed by atoms with Crippen molar-refractivity contribution in [2.45, 2.75) is 6.92 Å². The first-order valence-electron chi connectivity index (χ1n) is 4.68. The van der Waals surface area contributed by atoms with Crippen LogP contribution in [0.5, 0.6) is 0 Å². The van der Waals surface area contributed by atoms with E-state index in [9.17, 15) is 0 Å². The molecule has 0 fully saturated rings. The van der Waals surface area contributed by atoms with Crippen LogP contribution in [0.3, 0.4) is 0 Å². The molecular weight excluding hydrogens is 152 g/mol. The van der Waals surface area contributed by atoms with Gasteiger partial charge in [-0.2, -0.15) is 0 Å². The molecule has 0 spiro atoms. The Morgan fingerprint density at radius 1 is 1.08 bits per heavy atom. The van der Waals surface area contributed by atoms with E-state index in [4.69, 9.17) is 11.5 Å². The third kappa shape index (κ3) is 6.54. The first kappa shape index (κ1) is 11.8. The highest BCUT2D eigenvalue weighted by atomic mass is 15.1. The molecular formula is C8H22N4. The summed E-state index contributed by atoms with van der Waals surface area (Å²) in [6.45, 7) is 8.63. The van der Waals surface area contributed by atoms with Gasteiger partial charge in [-0.1, -0.05) is 6.92 Å². The maximum absolute atomic E-state index is 5.45. The molecule has 0 bridgehead atoms. The van der Waals surface area contributed by atoms with Gasteiger partial charge in [0.15, 0.2) is 0 Å². The van der Waals surface area contributed by atoms with Crippen LogP contribution in [0, 0.1) is 0 Å². The highest BCUT2D eigenvalue weighted by Gasteiger charge is 1.98. The largest absolute Gasteiger partial charge is 0.329 e. The van der Waals surface area contributed by atoms with Crippen LogP contribution in [0.1, 0.15) is 6.92 Å². The number of nitrogens with two attached hydrogens (primary N) is 2. The van der Waals surface area contributed by atoms with Gasteiger partial charge in [-0.3, -0.25) is 0 Å². The molecule has 0 unspecified atom stereocenters. The van der Waals surface area contributed by atoms with Gasteiger partial charge >= 0.3 is 0 Å². The van der Waals surface area contributed by atoms with E-state index in [2.05, 4.69) is 17.1 Å². The van der Waals surface area contributed by atoms with Crippen molar-refractivity contribution >= 4 is 0 Å². The Kier molecular flexibility index (Phi) is 8.81. The molecule has 0 aliphatic rings. The molecule has 0 aromatic heterocycles. The zero-order chi connectivity index (χ0) is 9.23. The molecule has 0 atom stereocenters. The van der Waals surface area contributed by atoms with E-state index in [0.717, 1.165) is 39.3 Å². The molecule has 12 heavy (non-hydrogen) atoms. The lowest BCUT2D eigenvalue weighted by Gasteiger charge is -2.19. The van der Waals surface area contributed by atoms with E-state index in [1.807, 2.05) is 0 Å². The van der Waals surface area contributed by atoms with Gasteiger partial charge in [-0.05, 0) is 6.54 Å². The van der Waals surface area contributed by atoms with Crippen molar-refractivity contribution in [2.75, 3.05) is 45.8 Å². The SMILES string of the molecule is CCN(CCN)CCNCCN. The molecule has 0 saturated carbocycles. The fourth-order valence-corrected chi connectivity index (χ4v) is 1.07. The molecule has 4 heteroatoms. The summed E-state index contributed by atoms with van der Waals surface area (Å²) in [6.07, 6.45) is 0. The molecule has 5 N–H and O–H groups in total. The smallest absolute Gasteiger partial charge is 0.0107 e. The predicted octanol–water partition coefficient (Wildman–Crippen LogP) is -1.18. The number of nitrogens with one attached hydrogen (secondary N) is 1. The second kappa shape index (κ2) is 8.93. The number of hydrogen-bond acceptors (Lipinski definition) is 4. The fraction of sp³-hybridized carbons (Fsp3) is 1.00. The minimum atomic E-state index is 0.711. The number of likely N-dealkylation sites (N-methyl/N-ethyl adjacent to an activating group) is 1. The maximum Gasteiger partial charge on any atom is 0.0107 e. The van der Waals surface area contributed by atoms with Gasteiger partial charge in [0.05, 0.1) is 0 Å². The quantitative estimate of drug-likeness (QED) is 0.405. The monoisotopic (exact) mass is 174 g/mol. The van der Waals surface area contributed by atoms with Crippen molar-refractivity contribution in [2.24, 2.45) is 11.5 Å². The zero-order valence-electron chi connectivity index (χ0n) is 8.05. The average Bonchev–Trinajstić information content (AvgIpc) is 2.10. The van der Waals surface area contributed by atoms with Gasteiger partial charge < -0.3 is 21.7 Å². The molecule has 0 saturated heterocycles. The van der Waals surface area contributed by atoms with E-state index in [1.165, 1.54) is 0 Å².